The van der Waals surface area contributed by atoms with Crippen LogP contribution in [0.15, 0.2) is 24.5 Å². The van der Waals surface area contributed by atoms with E-state index in [-0.39, 0.29) is 17.4 Å². The molecular weight excluding hydrogens is 387 g/mol. The number of aromatic hydroxyl groups is 1. The molecule has 3 aromatic heterocycles. The lowest BCUT2D eigenvalue weighted by molar-refractivity contribution is -0.137. The highest BCUT2D eigenvalue weighted by Crippen LogP contribution is 2.37. The predicted molar refractivity (Wildman–Crippen MR) is 100 cm³/mol. The van der Waals surface area contributed by atoms with E-state index < -0.39 is 23.6 Å². The van der Waals surface area contributed by atoms with Crippen molar-refractivity contribution in [3.8, 4) is 17.1 Å². The summed E-state index contributed by atoms with van der Waals surface area (Å²) in [4.78, 5) is 3.79. The van der Waals surface area contributed by atoms with Gasteiger partial charge in [0, 0.05) is 24.8 Å². The number of fused-ring (bicyclic) bond motifs is 1. The van der Waals surface area contributed by atoms with Crippen molar-refractivity contribution in [3.05, 3.63) is 30.1 Å². The van der Waals surface area contributed by atoms with Crippen molar-refractivity contribution in [3.63, 3.8) is 0 Å². The molecule has 10 heteroatoms. The van der Waals surface area contributed by atoms with E-state index in [0.717, 1.165) is 19.3 Å². The fourth-order valence-electron chi connectivity index (χ4n) is 3.73. The van der Waals surface area contributed by atoms with Crippen LogP contribution in [0.25, 0.3) is 22.3 Å². The van der Waals surface area contributed by atoms with E-state index in [9.17, 15) is 23.4 Å². The van der Waals surface area contributed by atoms with Crippen LogP contribution >= 0.6 is 0 Å². The molecule has 3 heterocycles. The van der Waals surface area contributed by atoms with E-state index in [4.69, 9.17) is 0 Å². The largest absolute Gasteiger partial charge is 0.506 e. The Bertz CT molecular complexity index is 1050. The number of hydrogen-bond donors (Lipinski definition) is 3. The Hall–Kier alpha value is -2.88. The molecule has 0 aromatic carbocycles. The quantitative estimate of drug-likeness (QED) is 0.615. The first-order chi connectivity index (χ1) is 13.8. The molecule has 154 valence electrons. The van der Waals surface area contributed by atoms with E-state index in [1.54, 1.807) is 23.9 Å². The van der Waals surface area contributed by atoms with E-state index in [0.29, 0.717) is 35.4 Å². The Labute approximate surface area is 164 Å². The van der Waals surface area contributed by atoms with Crippen LogP contribution in [-0.2, 0) is 13.2 Å². The van der Waals surface area contributed by atoms with Crippen LogP contribution in [0, 0.1) is 0 Å². The van der Waals surface area contributed by atoms with Gasteiger partial charge in [-0.05, 0) is 25.0 Å². The lowest BCUT2D eigenvalue weighted by Gasteiger charge is -2.28. The third-order valence-electron chi connectivity index (χ3n) is 5.27. The molecule has 0 saturated heterocycles. The molecule has 1 saturated carbocycles. The molecule has 0 radical (unpaired) electrons. The van der Waals surface area contributed by atoms with E-state index >= 15 is 0 Å². The molecule has 1 fully saturated rings. The van der Waals surface area contributed by atoms with E-state index in [2.05, 4.69) is 20.5 Å². The number of nitrogens with one attached hydrogen (secondary N) is 1. The molecule has 2 atom stereocenters. The molecule has 0 aliphatic heterocycles. The van der Waals surface area contributed by atoms with Crippen LogP contribution in [0.1, 0.15) is 31.2 Å². The van der Waals surface area contributed by atoms with Crippen molar-refractivity contribution in [2.75, 3.05) is 5.32 Å². The maximum Gasteiger partial charge on any atom is 0.418 e. The summed E-state index contributed by atoms with van der Waals surface area (Å²) >= 11 is 0. The van der Waals surface area contributed by atoms with Crippen LogP contribution in [0.3, 0.4) is 0 Å². The summed E-state index contributed by atoms with van der Waals surface area (Å²) in [6.07, 6.45) is 0.826. The highest BCUT2D eigenvalue weighted by atomic mass is 19.4. The third kappa shape index (κ3) is 3.59. The SMILES string of the molecule is Cn1ccc2c(-c3ncc(C(F)(F)F)cc3O)nnc(N[C@@H]3CCCC[C@H]3O)c21. The van der Waals surface area contributed by atoms with Crippen molar-refractivity contribution in [1.29, 1.82) is 0 Å². The Morgan fingerprint density at radius 2 is 1.93 bits per heavy atom. The van der Waals surface area contributed by atoms with Gasteiger partial charge in [0.15, 0.2) is 5.82 Å². The maximum atomic E-state index is 12.9. The highest BCUT2D eigenvalue weighted by Gasteiger charge is 2.32. The van der Waals surface area contributed by atoms with Gasteiger partial charge in [-0.3, -0.25) is 0 Å². The number of aromatic nitrogens is 4. The van der Waals surface area contributed by atoms with Gasteiger partial charge >= 0.3 is 6.18 Å². The molecule has 0 bridgehead atoms. The van der Waals surface area contributed by atoms with Crippen LogP contribution < -0.4 is 5.32 Å². The molecular formula is C19H20F3N5O2. The van der Waals surface area contributed by atoms with Crippen LogP contribution in [0.4, 0.5) is 19.0 Å². The molecule has 1 aliphatic carbocycles. The molecule has 4 rings (SSSR count). The minimum Gasteiger partial charge on any atom is -0.506 e. The van der Waals surface area contributed by atoms with Gasteiger partial charge in [-0.1, -0.05) is 12.8 Å². The van der Waals surface area contributed by atoms with Crippen molar-refractivity contribution in [2.24, 2.45) is 7.05 Å². The monoisotopic (exact) mass is 407 g/mol. The first-order valence-electron chi connectivity index (χ1n) is 9.28. The number of pyridine rings is 1. The number of alkyl halides is 3. The molecule has 1 aliphatic rings. The first kappa shape index (κ1) is 19.4. The Kier molecular flexibility index (Phi) is 4.81. The third-order valence-corrected chi connectivity index (χ3v) is 5.27. The average molecular weight is 407 g/mol. The molecule has 0 unspecified atom stereocenters. The smallest absolute Gasteiger partial charge is 0.418 e. The molecule has 3 aromatic rings. The summed E-state index contributed by atoms with van der Waals surface area (Å²) in [6.45, 7) is 0. The Morgan fingerprint density at radius 1 is 1.17 bits per heavy atom. The number of rotatable bonds is 3. The van der Waals surface area contributed by atoms with Gasteiger partial charge in [-0.2, -0.15) is 13.2 Å². The predicted octanol–water partition coefficient (Wildman–Crippen LogP) is 3.47. The summed E-state index contributed by atoms with van der Waals surface area (Å²) in [7, 11) is 1.80. The van der Waals surface area contributed by atoms with Crippen molar-refractivity contribution >= 4 is 16.7 Å². The molecule has 0 spiro atoms. The average Bonchev–Trinajstić information content (AvgIpc) is 3.06. The van der Waals surface area contributed by atoms with Crippen molar-refractivity contribution in [1.82, 2.24) is 19.7 Å². The van der Waals surface area contributed by atoms with Crippen molar-refractivity contribution in [2.45, 2.75) is 44.0 Å². The van der Waals surface area contributed by atoms with E-state index in [1.165, 1.54) is 0 Å². The minimum atomic E-state index is -4.61. The van der Waals surface area contributed by atoms with Gasteiger partial charge in [-0.25, -0.2) is 4.98 Å². The second-order valence-electron chi connectivity index (χ2n) is 7.28. The second kappa shape index (κ2) is 7.18. The minimum absolute atomic E-state index is 0.0778. The normalized spacial score (nSPS) is 20.2. The topological polar surface area (TPSA) is 96.1 Å². The fourth-order valence-corrected chi connectivity index (χ4v) is 3.73. The number of aliphatic hydroxyl groups excluding tert-OH is 1. The zero-order chi connectivity index (χ0) is 20.8. The molecule has 3 N–H and O–H groups in total. The molecule has 0 amide bonds. The van der Waals surface area contributed by atoms with Crippen molar-refractivity contribution < 1.29 is 23.4 Å². The summed E-state index contributed by atoms with van der Waals surface area (Å²) < 4.78 is 40.4. The van der Waals surface area contributed by atoms with Crippen LogP contribution in [0.5, 0.6) is 5.75 Å². The number of hydrogen-bond acceptors (Lipinski definition) is 6. The number of aliphatic hydroxyl groups is 1. The molecule has 29 heavy (non-hydrogen) atoms. The van der Waals surface area contributed by atoms with Crippen LogP contribution in [-0.4, -0.2) is 42.1 Å². The van der Waals surface area contributed by atoms with Gasteiger partial charge in [0.1, 0.15) is 17.1 Å². The first-order valence-corrected chi connectivity index (χ1v) is 9.28. The summed E-state index contributed by atoms with van der Waals surface area (Å²) in [5.74, 6) is -0.156. The number of nitrogens with zero attached hydrogens (tertiary/aromatic N) is 4. The Morgan fingerprint density at radius 3 is 2.62 bits per heavy atom. The number of anilines is 1. The van der Waals surface area contributed by atoms with Gasteiger partial charge in [0.05, 0.1) is 23.2 Å². The van der Waals surface area contributed by atoms with Gasteiger partial charge < -0.3 is 20.1 Å². The molecule has 7 nitrogen and oxygen atoms in total. The van der Waals surface area contributed by atoms with Gasteiger partial charge in [0.25, 0.3) is 0 Å². The number of halogens is 3. The highest BCUT2D eigenvalue weighted by molar-refractivity contribution is 5.98. The maximum absolute atomic E-state index is 12.9. The summed E-state index contributed by atoms with van der Waals surface area (Å²) in [5, 5.41) is 32.5. The Balaban J connectivity index is 1.76. The van der Waals surface area contributed by atoms with Crippen LogP contribution in [0.2, 0.25) is 0 Å². The lowest BCUT2D eigenvalue weighted by atomic mass is 9.92. The van der Waals surface area contributed by atoms with Gasteiger partial charge in [-0.15, -0.1) is 10.2 Å². The lowest BCUT2D eigenvalue weighted by Crippen LogP contribution is -2.36. The van der Waals surface area contributed by atoms with E-state index in [1.807, 2.05) is 0 Å². The van der Waals surface area contributed by atoms with Gasteiger partial charge in [0.2, 0.25) is 0 Å². The second-order valence-corrected chi connectivity index (χ2v) is 7.28. The zero-order valence-corrected chi connectivity index (χ0v) is 15.6. The summed E-state index contributed by atoms with van der Waals surface area (Å²) in [5.41, 5.74) is -0.276. The fraction of sp³-hybridized carbons (Fsp3) is 0.421. The standard InChI is InChI=1S/C19H20F3N5O2/c1-27-7-6-11-15(16-14(29)8-10(9-23-16)19(20,21)22)25-26-18(17(11)27)24-12-4-2-3-5-13(12)28/h6-9,12-13,28-29H,2-5H2,1H3,(H,24,26)/t12-,13-/m1/s1. The number of aryl methyl sites for hydroxylation is 1. The zero-order valence-electron chi connectivity index (χ0n) is 15.6. The summed E-state index contributed by atoms with van der Waals surface area (Å²) in [6, 6.07) is 2.21.